The largest absolute Gasteiger partial charge is 0.329 e. The standard InChI is InChI=1S/C15H30N2/c1-12(2)13-9-15(10-13,11-16)17(3)14-7-5-4-6-8-14/h12-14H,4-11,16H2,1-3H3. The Hall–Kier alpha value is -0.0800. The van der Waals surface area contributed by atoms with E-state index in [9.17, 15) is 0 Å². The molecule has 2 aliphatic rings. The van der Waals surface area contributed by atoms with Gasteiger partial charge in [-0.15, -0.1) is 0 Å². The Morgan fingerprint density at radius 3 is 2.24 bits per heavy atom. The van der Waals surface area contributed by atoms with Crippen LogP contribution < -0.4 is 5.73 Å². The first-order valence-corrected chi connectivity index (χ1v) is 7.52. The first-order valence-electron chi connectivity index (χ1n) is 7.52. The molecule has 0 saturated heterocycles. The molecule has 2 heteroatoms. The summed E-state index contributed by atoms with van der Waals surface area (Å²) in [5.41, 5.74) is 6.44. The average Bonchev–Trinajstić information content (AvgIpc) is 2.29. The van der Waals surface area contributed by atoms with E-state index in [0.29, 0.717) is 5.54 Å². The normalized spacial score (nSPS) is 35.3. The molecule has 0 bridgehead atoms. The van der Waals surface area contributed by atoms with Gasteiger partial charge >= 0.3 is 0 Å². The van der Waals surface area contributed by atoms with E-state index in [4.69, 9.17) is 5.73 Å². The lowest BCUT2D eigenvalue weighted by molar-refractivity contribution is -0.0504. The fourth-order valence-electron chi connectivity index (χ4n) is 3.84. The Kier molecular flexibility index (Phi) is 4.14. The van der Waals surface area contributed by atoms with Crippen LogP contribution in [0.5, 0.6) is 0 Å². The van der Waals surface area contributed by atoms with Crippen LogP contribution in [0.1, 0.15) is 58.8 Å². The van der Waals surface area contributed by atoms with Gasteiger partial charge in [-0.25, -0.2) is 0 Å². The third-order valence-electron chi connectivity index (χ3n) is 5.48. The maximum absolute atomic E-state index is 6.10. The number of hydrogen-bond donors (Lipinski definition) is 1. The number of likely N-dealkylation sites (N-methyl/N-ethyl adjacent to an activating group) is 1. The summed E-state index contributed by atoms with van der Waals surface area (Å²) in [6.07, 6.45) is 9.72. The molecule has 0 unspecified atom stereocenters. The second-order valence-corrected chi connectivity index (χ2v) is 6.74. The van der Waals surface area contributed by atoms with E-state index >= 15 is 0 Å². The summed E-state index contributed by atoms with van der Waals surface area (Å²) in [6.45, 7) is 5.56. The Balaban J connectivity index is 1.94. The van der Waals surface area contributed by atoms with Crippen LogP contribution in [0.25, 0.3) is 0 Å². The molecule has 100 valence electrons. The van der Waals surface area contributed by atoms with Crippen molar-refractivity contribution in [3.05, 3.63) is 0 Å². The van der Waals surface area contributed by atoms with Crippen LogP contribution in [0.3, 0.4) is 0 Å². The van der Waals surface area contributed by atoms with Crippen LogP contribution in [0.2, 0.25) is 0 Å². The van der Waals surface area contributed by atoms with E-state index in [1.54, 1.807) is 0 Å². The molecule has 2 rings (SSSR count). The van der Waals surface area contributed by atoms with Crippen LogP contribution >= 0.6 is 0 Å². The fraction of sp³-hybridized carbons (Fsp3) is 1.00. The molecule has 0 aliphatic heterocycles. The van der Waals surface area contributed by atoms with E-state index in [0.717, 1.165) is 24.4 Å². The van der Waals surface area contributed by atoms with Gasteiger partial charge in [-0.1, -0.05) is 33.1 Å². The summed E-state index contributed by atoms with van der Waals surface area (Å²) in [6, 6.07) is 0.806. The van der Waals surface area contributed by atoms with Crippen molar-refractivity contribution >= 4 is 0 Å². The molecular weight excluding hydrogens is 208 g/mol. The lowest BCUT2D eigenvalue weighted by atomic mass is 9.62. The summed E-state index contributed by atoms with van der Waals surface area (Å²) >= 11 is 0. The summed E-state index contributed by atoms with van der Waals surface area (Å²) in [5, 5.41) is 0. The van der Waals surface area contributed by atoms with Crippen molar-refractivity contribution in [1.29, 1.82) is 0 Å². The van der Waals surface area contributed by atoms with Gasteiger partial charge in [0.05, 0.1) is 0 Å². The van der Waals surface area contributed by atoms with Gasteiger partial charge in [0.15, 0.2) is 0 Å². The van der Waals surface area contributed by atoms with Crippen LogP contribution in [0.4, 0.5) is 0 Å². The average molecular weight is 238 g/mol. The summed E-state index contributed by atoms with van der Waals surface area (Å²) < 4.78 is 0. The Morgan fingerprint density at radius 1 is 1.18 bits per heavy atom. The zero-order chi connectivity index (χ0) is 12.5. The lowest BCUT2D eigenvalue weighted by Crippen LogP contribution is -2.63. The number of rotatable bonds is 4. The molecule has 0 aromatic carbocycles. The minimum Gasteiger partial charge on any atom is -0.329 e. The monoisotopic (exact) mass is 238 g/mol. The van der Waals surface area contributed by atoms with Crippen molar-refractivity contribution in [2.45, 2.75) is 70.4 Å². The molecule has 0 atom stereocenters. The molecule has 17 heavy (non-hydrogen) atoms. The van der Waals surface area contributed by atoms with Gasteiger partial charge in [-0.2, -0.15) is 0 Å². The third-order valence-corrected chi connectivity index (χ3v) is 5.48. The van der Waals surface area contributed by atoms with Crippen molar-refractivity contribution in [2.75, 3.05) is 13.6 Å². The molecular formula is C15H30N2. The lowest BCUT2D eigenvalue weighted by Gasteiger charge is -2.57. The second-order valence-electron chi connectivity index (χ2n) is 6.74. The topological polar surface area (TPSA) is 29.3 Å². The van der Waals surface area contributed by atoms with Crippen molar-refractivity contribution in [1.82, 2.24) is 4.90 Å². The summed E-state index contributed by atoms with van der Waals surface area (Å²) in [4.78, 5) is 2.66. The molecule has 0 amide bonds. The number of hydrogen-bond acceptors (Lipinski definition) is 2. The molecule has 2 saturated carbocycles. The van der Waals surface area contributed by atoms with Gasteiger partial charge in [0.25, 0.3) is 0 Å². The fourth-order valence-corrected chi connectivity index (χ4v) is 3.84. The van der Waals surface area contributed by atoms with Crippen molar-refractivity contribution < 1.29 is 0 Å². The number of nitrogens with two attached hydrogens (primary N) is 1. The Bertz CT molecular complexity index is 237. The predicted octanol–water partition coefficient (Wildman–Crippen LogP) is 3.01. The Labute approximate surface area is 107 Å². The zero-order valence-corrected chi connectivity index (χ0v) is 11.9. The van der Waals surface area contributed by atoms with Crippen LogP contribution in [0.15, 0.2) is 0 Å². The molecule has 0 spiro atoms. The van der Waals surface area contributed by atoms with Crippen LogP contribution in [-0.2, 0) is 0 Å². The first-order chi connectivity index (χ1) is 8.09. The van der Waals surface area contributed by atoms with Crippen molar-refractivity contribution in [3.63, 3.8) is 0 Å². The van der Waals surface area contributed by atoms with Gasteiger partial charge in [0, 0.05) is 18.1 Å². The third kappa shape index (κ3) is 2.53. The highest BCUT2D eigenvalue weighted by Gasteiger charge is 2.48. The molecule has 0 radical (unpaired) electrons. The van der Waals surface area contributed by atoms with E-state index in [1.165, 1.54) is 44.9 Å². The summed E-state index contributed by atoms with van der Waals surface area (Å²) in [5.74, 6) is 1.74. The highest BCUT2D eigenvalue weighted by Crippen LogP contribution is 2.46. The van der Waals surface area contributed by atoms with Crippen LogP contribution in [0, 0.1) is 11.8 Å². The van der Waals surface area contributed by atoms with Crippen LogP contribution in [-0.4, -0.2) is 30.1 Å². The molecule has 2 nitrogen and oxygen atoms in total. The summed E-state index contributed by atoms with van der Waals surface area (Å²) in [7, 11) is 2.33. The maximum atomic E-state index is 6.10. The molecule has 0 aromatic rings. The molecule has 0 aromatic heterocycles. The van der Waals surface area contributed by atoms with Gasteiger partial charge in [0.2, 0.25) is 0 Å². The quantitative estimate of drug-likeness (QED) is 0.816. The van der Waals surface area contributed by atoms with Crippen molar-refractivity contribution in [3.8, 4) is 0 Å². The van der Waals surface area contributed by atoms with Gasteiger partial charge < -0.3 is 5.73 Å². The molecule has 2 aliphatic carbocycles. The maximum Gasteiger partial charge on any atom is 0.0337 e. The smallest absolute Gasteiger partial charge is 0.0337 e. The minimum atomic E-state index is 0.344. The van der Waals surface area contributed by atoms with Crippen molar-refractivity contribution in [2.24, 2.45) is 17.6 Å². The van der Waals surface area contributed by atoms with E-state index in [1.807, 2.05) is 0 Å². The molecule has 2 N–H and O–H groups in total. The minimum absolute atomic E-state index is 0.344. The highest BCUT2D eigenvalue weighted by molar-refractivity contribution is 5.05. The molecule has 2 fully saturated rings. The SMILES string of the molecule is CC(C)C1CC(CN)(N(C)C2CCCCC2)C1. The van der Waals surface area contributed by atoms with Gasteiger partial charge in [-0.05, 0) is 44.6 Å². The highest BCUT2D eigenvalue weighted by atomic mass is 15.2. The first kappa shape index (κ1) is 13.4. The van der Waals surface area contributed by atoms with Gasteiger partial charge in [-0.3, -0.25) is 4.90 Å². The second kappa shape index (κ2) is 5.27. The van der Waals surface area contributed by atoms with E-state index < -0.39 is 0 Å². The Morgan fingerprint density at radius 2 is 1.76 bits per heavy atom. The molecule has 0 heterocycles. The van der Waals surface area contributed by atoms with E-state index in [-0.39, 0.29) is 0 Å². The zero-order valence-electron chi connectivity index (χ0n) is 11.9. The predicted molar refractivity (Wildman–Crippen MR) is 74.0 cm³/mol. The van der Waals surface area contributed by atoms with Gasteiger partial charge in [0.1, 0.15) is 0 Å². The van der Waals surface area contributed by atoms with E-state index in [2.05, 4.69) is 25.8 Å². The number of nitrogens with zero attached hydrogens (tertiary/aromatic N) is 1.